The summed E-state index contributed by atoms with van der Waals surface area (Å²) < 4.78 is 0. The molecule has 0 aliphatic carbocycles. The first-order valence-corrected chi connectivity index (χ1v) is 5.90. The lowest BCUT2D eigenvalue weighted by Crippen LogP contribution is -2.36. The van der Waals surface area contributed by atoms with E-state index in [0.717, 1.165) is 0 Å². The van der Waals surface area contributed by atoms with Crippen LogP contribution in [0.25, 0.3) is 0 Å². The van der Waals surface area contributed by atoms with Crippen LogP contribution in [0.1, 0.15) is 30.6 Å². The number of aliphatic hydroxyl groups excluding tert-OH is 1. The number of hydrogen-bond donors (Lipinski definition) is 2. The summed E-state index contributed by atoms with van der Waals surface area (Å²) in [6.07, 6.45) is -0.161. The van der Waals surface area contributed by atoms with Crippen LogP contribution in [-0.2, 0) is 4.79 Å². The monoisotopic (exact) mass is 249 g/mol. The number of aliphatic hydroxyl groups is 1. The molecular weight excluding hydrogens is 230 g/mol. The summed E-state index contributed by atoms with van der Waals surface area (Å²) in [6, 6.07) is 8.72. The van der Waals surface area contributed by atoms with Crippen molar-refractivity contribution in [2.45, 2.75) is 20.3 Å². The standard InChI is InChI=1S/C14H19NO3/c1-14(2,10-16)9-15-13(18)8-12(17)11-6-4-3-5-7-11/h3-7,16H,8-10H2,1-2H3,(H,15,18). The lowest BCUT2D eigenvalue weighted by Gasteiger charge is -2.21. The molecule has 0 aliphatic heterocycles. The highest BCUT2D eigenvalue weighted by atomic mass is 16.3. The molecule has 98 valence electrons. The second-order valence-corrected chi connectivity index (χ2v) is 5.07. The summed E-state index contributed by atoms with van der Waals surface area (Å²) in [7, 11) is 0. The van der Waals surface area contributed by atoms with E-state index >= 15 is 0 Å². The fourth-order valence-corrected chi connectivity index (χ4v) is 1.33. The SMILES string of the molecule is CC(C)(CO)CNC(=O)CC(=O)c1ccccc1. The average Bonchev–Trinajstić information content (AvgIpc) is 2.37. The van der Waals surface area contributed by atoms with E-state index in [9.17, 15) is 9.59 Å². The fraction of sp³-hybridized carbons (Fsp3) is 0.429. The zero-order valence-electron chi connectivity index (χ0n) is 10.8. The van der Waals surface area contributed by atoms with E-state index in [1.54, 1.807) is 24.3 Å². The van der Waals surface area contributed by atoms with Crippen molar-refractivity contribution in [1.29, 1.82) is 0 Å². The summed E-state index contributed by atoms with van der Waals surface area (Å²) in [4.78, 5) is 23.3. The highest BCUT2D eigenvalue weighted by Crippen LogP contribution is 2.11. The highest BCUT2D eigenvalue weighted by molar-refractivity contribution is 6.07. The maximum Gasteiger partial charge on any atom is 0.227 e. The molecule has 1 rings (SSSR count). The van der Waals surface area contributed by atoms with Gasteiger partial charge in [-0.25, -0.2) is 0 Å². The van der Waals surface area contributed by atoms with Crippen LogP contribution in [0.5, 0.6) is 0 Å². The van der Waals surface area contributed by atoms with E-state index in [4.69, 9.17) is 5.11 Å². The van der Waals surface area contributed by atoms with Crippen molar-refractivity contribution in [3.8, 4) is 0 Å². The number of carbonyl (C=O) groups excluding carboxylic acids is 2. The van der Waals surface area contributed by atoms with Crippen molar-refractivity contribution in [1.82, 2.24) is 5.32 Å². The normalized spacial score (nSPS) is 11.1. The van der Waals surface area contributed by atoms with Gasteiger partial charge in [0.1, 0.15) is 0 Å². The van der Waals surface area contributed by atoms with Gasteiger partial charge in [-0.05, 0) is 0 Å². The van der Waals surface area contributed by atoms with Crippen molar-refractivity contribution in [3.05, 3.63) is 35.9 Å². The van der Waals surface area contributed by atoms with E-state index < -0.39 is 0 Å². The number of rotatable bonds is 6. The Balaban J connectivity index is 2.44. The van der Waals surface area contributed by atoms with E-state index in [1.165, 1.54) is 0 Å². The first kappa shape index (κ1) is 14.4. The van der Waals surface area contributed by atoms with Crippen molar-refractivity contribution in [3.63, 3.8) is 0 Å². The molecule has 1 aromatic carbocycles. The molecule has 0 heterocycles. The smallest absolute Gasteiger partial charge is 0.227 e. The number of carbonyl (C=O) groups is 2. The predicted octanol–water partition coefficient (Wildman–Crippen LogP) is 1.39. The fourth-order valence-electron chi connectivity index (χ4n) is 1.33. The molecule has 2 N–H and O–H groups in total. The Morgan fingerprint density at radius 3 is 2.39 bits per heavy atom. The van der Waals surface area contributed by atoms with Crippen molar-refractivity contribution in [2.24, 2.45) is 5.41 Å². The number of Topliss-reactive ketones (excluding diaryl/α,β-unsaturated/α-hetero) is 1. The van der Waals surface area contributed by atoms with Gasteiger partial charge in [-0.15, -0.1) is 0 Å². The Morgan fingerprint density at radius 2 is 1.83 bits per heavy atom. The van der Waals surface area contributed by atoms with Gasteiger partial charge in [0.05, 0.1) is 6.42 Å². The number of ketones is 1. The number of hydrogen-bond acceptors (Lipinski definition) is 3. The van der Waals surface area contributed by atoms with E-state index in [1.807, 2.05) is 19.9 Å². The molecule has 0 radical (unpaired) electrons. The van der Waals surface area contributed by atoms with Crippen LogP contribution in [0.4, 0.5) is 0 Å². The second-order valence-electron chi connectivity index (χ2n) is 5.07. The largest absolute Gasteiger partial charge is 0.396 e. The summed E-state index contributed by atoms with van der Waals surface area (Å²) in [6.45, 7) is 4.02. The molecule has 0 saturated heterocycles. The van der Waals surface area contributed by atoms with Crippen molar-refractivity contribution in [2.75, 3.05) is 13.2 Å². The first-order chi connectivity index (χ1) is 8.44. The van der Waals surface area contributed by atoms with Gasteiger partial charge in [0, 0.05) is 24.1 Å². The third-order valence-corrected chi connectivity index (χ3v) is 2.61. The molecule has 0 saturated carbocycles. The predicted molar refractivity (Wildman–Crippen MR) is 69.3 cm³/mol. The molecule has 1 aromatic rings. The third kappa shape index (κ3) is 4.67. The van der Waals surface area contributed by atoms with Crippen LogP contribution in [0, 0.1) is 5.41 Å². The molecule has 0 unspecified atom stereocenters. The van der Waals surface area contributed by atoms with E-state index in [2.05, 4.69) is 5.32 Å². The van der Waals surface area contributed by atoms with Gasteiger partial charge in [-0.2, -0.15) is 0 Å². The van der Waals surface area contributed by atoms with Gasteiger partial charge in [-0.1, -0.05) is 44.2 Å². The molecule has 0 bridgehead atoms. The Bertz CT molecular complexity index is 412. The molecule has 0 fully saturated rings. The molecule has 18 heavy (non-hydrogen) atoms. The molecular formula is C14H19NO3. The zero-order chi connectivity index (χ0) is 13.6. The van der Waals surface area contributed by atoms with Gasteiger partial charge >= 0.3 is 0 Å². The Morgan fingerprint density at radius 1 is 1.22 bits per heavy atom. The number of nitrogens with one attached hydrogen (secondary N) is 1. The average molecular weight is 249 g/mol. The van der Waals surface area contributed by atoms with Crippen molar-refractivity contribution < 1.29 is 14.7 Å². The van der Waals surface area contributed by atoms with Gasteiger partial charge < -0.3 is 10.4 Å². The minimum Gasteiger partial charge on any atom is -0.396 e. The van der Waals surface area contributed by atoms with Gasteiger partial charge in [-0.3, -0.25) is 9.59 Å². The van der Waals surface area contributed by atoms with Crippen LogP contribution in [0.3, 0.4) is 0 Å². The second kappa shape index (κ2) is 6.31. The molecule has 4 nitrogen and oxygen atoms in total. The molecule has 0 aliphatic rings. The zero-order valence-corrected chi connectivity index (χ0v) is 10.8. The van der Waals surface area contributed by atoms with Crippen molar-refractivity contribution >= 4 is 11.7 Å². The van der Waals surface area contributed by atoms with E-state index in [-0.39, 0.29) is 30.1 Å². The minimum atomic E-state index is -0.370. The summed E-state index contributed by atoms with van der Waals surface area (Å²) >= 11 is 0. The van der Waals surface area contributed by atoms with Crippen LogP contribution >= 0.6 is 0 Å². The van der Waals surface area contributed by atoms with Crippen LogP contribution in [0.15, 0.2) is 30.3 Å². The summed E-state index contributed by atoms with van der Waals surface area (Å²) in [5, 5.41) is 11.7. The van der Waals surface area contributed by atoms with Gasteiger partial charge in [0.25, 0.3) is 0 Å². The number of benzene rings is 1. The Hall–Kier alpha value is -1.68. The summed E-state index contributed by atoms with van der Waals surface area (Å²) in [5.74, 6) is -0.514. The third-order valence-electron chi connectivity index (χ3n) is 2.61. The Kier molecular flexibility index (Phi) is 5.04. The summed E-state index contributed by atoms with van der Waals surface area (Å²) in [5.41, 5.74) is 0.167. The molecule has 0 atom stereocenters. The first-order valence-electron chi connectivity index (χ1n) is 5.90. The van der Waals surface area contributed by atoms with Crippen LogP contribution in [-0.4, -0.2) is 29.9 Å². The number of amides is 1. The van der Waals surface area contributed by atoms with Gasteiger partial charge in [0.15, 0.2) is 5.78 Å². The lowest BCUT2D eigenvalue weighted by atomic mass is 9.95. The molecule has 0 spiro atoms. The Labute approximate surface area is 107 Å². The van der Waals surface area contributed by atoms with E-state index in [0.29, 0.717) is 12.1 Å². The minimum absolute atomic E-state index is 0.0140. The van der Waals surface area contributed by atoms with Crippen LogP contribution < -0.4 is 5.32 Å². The van der Waals surface area contributed by atoms with Gasteiger partial charge in [0.2, 0.25) is 5.91 Å². The topological polar surface area (TPSA) is 66.4 Å². The highest BCUT2D eigenvalue weighted by Gasteiger charge is 2.18. The molecule has 1 amide bonds. The maximum atomic E-state index is 11.7. The van der Waals surface area contributed by atoms with Crippen LogP contribution in [0.2, 0.25) is 0 Å². The quantitative estimate of drug-likeness (QED) is 0.591. The molecule has 0 aromatic heterocycles. The maximum absolute atomic E-state index is 11.7. The lowest BCUT2D eigenvalue weighted by molar-refractivity contribution is -0.120. The molecule has 4 heteroatoms.